The Bertz CT molecular complexity index is 1190. The first-order valence-electron chi connectivity index (χ1n) is 12.1. The Labute approximate surface area is 194 Å². The van der Waals surface area contributed by atoms with Gasteiger partial charge >= 0.3 is 0 Å². The van der Waals surface area contributed by atoms with E-state index in [9.17, 15) is 9.59 Å². The molecule has 0 unspecified atom stereocenters. The third-order valence-corrected chi connectivity index (χ3v) is 8.02. The van der Waals surface area contributed by atoms with Gasteiger partial charge in [0, 0.05) is 23.9 Å². The highest BCUT2D eigenvalue weighted by molar-refractivity contribution is 6.13. The predicted molar refractivity (Wildman–Crippen MR) is 129 cm³/mol. The van der Waals surface area contributed by atoms with Crippen LogP contribution < -0.4 is 10.2 Å². The fraction of sp³-hybridized carbons (Fsp3) is 0.481. The molecule has 3 aromatic rings. The molecule has 1 aromatic carbocycles. The number of hydrogen-bond acceptors (Lipinski definition) is 3. The van der Waals surface area contributed by atoms with Crippen molar-refractivity contribution in [1.29, 1.82) is 0 Å². The number of nitrogens with one attached hydrogen (secondary N) is 1. The van der Waals surface area contributed by atoms with Crippen LogP contribution in [0.3, 0.4) is 0 Å². The number of hydrogen-bond donors (Lipinski definition) is 1. The minimum Gasteiger partial charge on any atom is -0.463 e. The first-order valence-corrected chi connectivity index (χ1v) is 12.1. The number of aryl methyl sites for hydroxylation is 1. The SMILES string of the molecule is CCc1ccc(N2C(=O)c3cc4occc4n3C[C@]2(C)C(=O)N[C@@H]2CCC[C@H](C)[C@H]2C)cc1. The molecule has 3 heterocycles. The van der Waals surface area contributed by atoms with Crippen molar-refractivity contribution < 1.29 is 14.0 Å². The van der Waals surface area contributed by atoms with E-state index in [0.29, 0.717) is 29.7 Å². The number of amides is 2. The predicted octanol–water partition coefficient (Wildman–Crippen LogP) is 5.16. The molecule has 6 heteroatoms. The Morgan fingerprint density at radius 2 is 1.94 bits per heavy atom. The molecular weight excluding hydrogens is 414 g/mol. The zero-order valence-electron chi connectivity index (χ0n) is 19.9. The number of rotatable bonds is 4. The summed E-state index contributed by atoms with van der Waals surface area (Å²) in [5.41, 5.74) is 2.93. The number of carbonyl (C=O) groups excluding carboxylic acids is 2. The highest BCUT2D eigenvalue weighted by atomic mass is 16.3. The largest absolute Gasteiger partial charge is 0.463 e. The highest BCUT2D eigenvalue weighted by Crippen LogP contribution is 2.37. The molecule has 0 bridgehead atoms. The quantitative estimate of drug-likeness (QED) is 0.601. The summed E-state index contributed by atoms with van der Waals surface area (Å²) in [4.78, 5) is 29.5. The van der Waals surface area contributed by atoms with Crippen LogP contribution >= 0.6 is 0 Å². The maximum atomic E-state index is 14.0. The summed E-state index contributed by atoms with van der Waals surface area (Å²) in [6.07, 6.45) is 5.84. The first kappa shape index (κ1) is 21.8. The Balaban J connectivity index is 1.57. The van der Waals surface area contributed by atoms with E-state index in [4.69, 9.17) is 4.42 Å². The molecule has 0 spiro atoms. The molecule has 1 N–H and O–H groups in total. The molecule has 174 valence electrons. The Kier molecular flexibility index (Phi) is 5.34. The molecule has 2 aromatic heterocycles. The molecule has 1 fully saturated rings. The van der Waals surface area contributed by atoms with Crippen LogP contribution in [0.25, 0.3) is 11.1 Å². The summed E-state index contributed by atoms with van der Waals surface area (Å²) >= 11 is 0. The van der Waals surface area contributed by atoms with E-state index >= 15 is 0 Å². The van der Waals surface area contributed by atoms with E-state index in [2.05, 4.69) is 26.1 Å². The lowest BCUT2D eigenvalue weighted by Crippen LogP contribution is -2.66. The Morgan fingerprint density at radius 1 is 1.18 bits per heavy atom. The van der Waals surface area contributed by atoms with Crippen LogP contribution in [-0.4, -0.2) is 28.0 Å². The zero-order chi connectivity index (χ0) is 23.3. The van der Waals surface area contributed by atoms with Gasteiger partial charge in [-0.05, 0) is 49.3 Å². The molecule has 6 nitrogen and oxygen atoms in total. The van der Waals surface area contributed by atoms with Gasteiger partial charge in [-0.3, -0.25) is 14.5 Å². The van der Waals surface area contributed by atoms with Crippen LogP contribution in [-0.2, 0) is 17.8 Å². The summed E-state index contributed by atoms with van der Waals surface area (Å²) in [6.45, 7) is 8.85. The van der Waals surface area contributed by atoms with Crippen molar-refractivity contribution in [3.8, 4) is 0 Å². The van der Waals surface area contributed by atoms with E-state index in [1.165, 1.54) is 12.0 Å². The van der Waals surface area contributed by atoms with E-state index in [0.717, 1.165) is 30.5 Å². The van der Waals surface area contributed by atoms with E-state index < -0.39 is 5.54 Å². The van der Waals surface area contributed by atoms with Crippen molar-refractivity contribution in [2.75, 3.05) is 4.90 Å². The van der Waals surface area contributed by atoms with E-state index in [1.54, 1.807) is 17.2 Å². The van der Waals surface area contributed by atoms with Crippen molar-refractivity contribution in [3.05, 3.63) is 53.9 Å². The van der Waals surface area contributed by atoms with Gasteiger partial charge in [-0.1, -0.05) is 45.7 Å². The van der Waals surface area contributed by atoms with Gasteiger partial charge in [-0.2, -0.15) is 0 Å². The number of furan rings is 1. The first-order chi connectivity index (χ1) is 15.8. The maximum Gasteiger partial charge on any atom is 0.276 e. The van der Waals surface area contributed by atoms with Gasteiger partial charge in [-0.15, -0.1) is 0 Å². The molecule has 0 radical (unpaired) electrons. The Hall–Kier alpha value is -3.02. The minimum atomic E-state index is -1.07. The van der Waals surface area contributed by atoms with Crippen molar-refractivity contribution in [1.82, 2.24) is 9.88 Å². The minimum absolute atomic E-state index is 0.0997. The molecule has 2 aliphatic rings. The molecule has 1 aliphatic heterocycles. The third-order valence-electron chi connectivity index (χ3n) is 8.02. The normalized spacial score (nSPS) is 27.6. The van der Waals surface area contributed by atoms with Gasteiger partial charge < -0.3 is 14.3 Å². The van der Waals surface area contributed by atoms with Gasteiger partial charge in [0.1, 0.15) is 11.2 Å². The lowest BCUT2D eigenvalue weighted by atomic mass is 9.77. The van der Waals surface area contributed by atoms with Crippen LogP contribution in [0.5, 0.6) is 0 Å². The van der Waals surface area contributed by atoms with Gasteiger partial charge in [0.2, 0.25) is 5.91 Å². The smallest absolute Gasteiger partial charge is 0.276 e. The topological polar surface area (TPSA) is 67.5 Å². The molecule has 0 saturated heterocycles. The fourth-order valence-electron chi connectivity index (χ4n) is 5.61. The highest BCUT2D eigenvalue weighted by Gasteiger charge is 2.49. The number of fused-ring (bicyclic) bond motifs is 3. The van der Waals surface area contributed by atoms with E-state index in [-0.39, 0.29) is 17.9 Å². The molecule has 1 saturated carbocycles. The third kappa shape index (κ3) is 3.47. The van der Waals surface area contributed by atoms with Gasteiger partial charge in [0.05, 0.1) is 18.3 Å². The van der Waals surface area contributed by atoms with Crippen LogP contribution in [0, 0.1) is 11.8 Å². The van der Waals surface area contributed by atoms with Gasteiger partial charge in [-0.25, -0.2) is 0 Å². The second-order valence-electron chi connectivity index (χ2n) is 10.1. The van der Waals surface area contributed by atoms with Crippen LogP contribution in [0.4, 0.5) is 5.69 Å². The van der Waals surface area contributed by atoms with Crippen molar-refractivity contribution in [2.24, 2.45) is 11.8 Å². The number of benzene rings is 1. The van der Waals surface area contributed by atoms with Gasteiger partial charge in [0.15, 0.2) is 5.58 Å². The number of aromatic nitrogens is 1. The van der Waals surface area contributed by atoms with Crippen molar-refractivity contribution in [3.63, 3.8) is 0 Å². The second kappa shape index (κ2) is 8.08. The molecule has 1 aliphatic carbocycles. The van der Waals surface area contributed by atoms with Crippen LogP contribution in [0.15, 0.2) is 47.1 Å². The molecule has 33 heavy (non-hydrogen) atoms. The summed E-state index contributed by atoms with van der Waals surface area (Å²) in [5, 5.41) is 3.35. The molecule has 5 rings (SSSR count). The van der Waals surface area contributed by atoms with Crippen molar-refractivity contribution in [2.45, 2.75) is 71.5 Å². The van der Waals surface area contributed by atoms with Gasteiger partial charge in [0.25, 0.3) is 5.91 Å². The molecular formula is C27H33N3O3. The summed E-state index contributed by atoms with van der Waals surface area (Å²) in [5.74, 6) is 0.701. The van der Waals surface area contributed by atoms with E-state index in [1.807, 2.05) is 41.8 Å². The number of anilines is 1. The fourth-order valence-corrected chi connectivity index (χ4v) is 5.61. The average molecular weight is 448 g/mol. The standard InChI is InChI=1S/C27H33N3O3/c1-5-19-9-11-20(12-10-19)30-25(31)23-15-24-22(13-14-33-24)29(23)16-27(30,4)26(32)28-21-8-6-7-17(2)18(21)3/h9-15,17-18,21H,5-8,16H2,1-4H3,(H,28,32)/t17-,18+,21+,27+/m0/s1. The summed E-state index contributed by atoms with van der Waals surface area (Å²) in [6, 6.07) is 11.7. The average Bonchev–Trinajstić information content (AvgIpc) is 3.40. The lowest BCUT2D eigenvalue weighted by molar-refractivity contribution is -0.128. The molecule has 4 atom stereocenters. The number of carbonyl (C=O) groups is 2. The summed E-state index contributed by atoms with van der Waals surface area (Å²) < 4.78 is 7.51. The molecule has 2 amide bonds. The van der Waals surface area contributed by atoms with Crippen LogP contribution in [0.1, 0.15) is 63.0 Å². The number of nitrogens with zero attached hydrogens (tertiary/aromatic N) is 2. The van der Waals surface area contributed by atoms with Crippen molar-refractivity contribution >= 4 is 28.6 Å². The second-order valence-corrected chi connectivity index (χ2v) is 10.1. The monoisotopic (exact) mass is 447 g/mol. The Morgan fingerprint density at radius 3 is 2.67 bits per heavy atom. The lowest BCUT2D eigenvalue weighted by Gasteiger charge is -2.45. The summed E-state index contributed by atoms with van der Waals surface area (Å²) in [7, 11) is 0. The zero-order valence-corrected chi connectivity index (χ0v) is 19.9. The maximum absolute atomic E-state index is 14.0. The van der Waals surface area contributed by atoms with Crippen LogP contribution in [0.2, 0.25) is 0 Å².